The van der Waals surface area contributed by atoms with Crippen molar-refractivity contribution in [2.75, 3.05) is 23.3 Å². The molecule has 0 saturated carbocycles. The van der Waals surface area contributed by atoms with E-state index in [0.717, 1.165) is 19.5 Å². The fourth-order valence-corrected chi connectivity index (χ4v) is 3.70. The Morgan fingerprint density at radius 1 is 1.35 bits per heavy atom. The van der Waals surface area contributed by atoms with Gasteiger partial charge < -0.3 is 20.3 Å². The summed E-state index contributed by atoms with van der Waals surface area (Å²) in [7, 11) is 0. The number of aromatic nitrogens is 2. The lowest BCUT2D eigenvalue weighted by atomic mass is 10.2. The van der Waals surface area contributed by atoms with Gasteiger partial charge in [0.2, 0.25) is 5.82 Å². The minimum atomic E-state index is -0.376. The third-order valence-corrected chi connectivity index (χ3v) is 4.82. The van der Waals surface area contributed by atoms with Gasteiger partial charge in [0.05, 0.1) is 0 Å². The number of hydrogen-bond acceptors (Lipinski definition) is 6. The third-order valence-electron chi connectivity index (χ3n) is 4.06. The van der Waals surface area contributed by atoms with Gasteiger partial charge in [-0.05, 0) is 23.5 Å². The molecule has 1 aliphatic rings. The average molecular weight is 329 g/mol. The molecular formula is C15H15N5O2S. The van der Waals surface area contributed by atoms with E-state index in [1.807, 2.05) is 18.2 Å². The molecule has 0 radical (unpaired) electrons. The summed E-state index contributed by atoms with van der Waals surface area (Å²) in [6.45, 7) is 1.74. The summed E-state index contributed by atoms with van der Waals surface area (Å²) < 4.78 is 1.52. The van der Waals surface area contributed by atoms with Crippen LogP contribution in [-0.4, -0.2) is 33.4 Å². The van der Waals surface area contributed by atoms with Gasteiger partial charge >= 0.3 is 5.82 Å². The summed E-state index contributed by atoms with van der Waals surface area (Å²) in [6.07, 6.45) is 2.61. The number of anilines is 2. The average Bonchev–Trinajstić information content (AvgIpc) is 3.23. The Morgan fingerprint density at radius 2 is 2.17 bits per heavy atom. The molecule has 2 aromatic heterocycles. The zero-order chi connectivity index (χ0) is 15.8. The standard InChI is InChI=1S/C15H15N5O2S/c21-20(22)14-13(17-15-19(14)8-9-23-15)16-11-6-7-18(10-11)12-4-2-1-3-5-12/h1-5,8-9,11,16H,6-7,10H2. The number of rotatable bonds is 4. The molecule has 7 nitrogen and oxygen atoms in total. The molecule has 0 bridgehead atoms. The lowest BCUT2D eigenvalue weighted by molar-refractivity contribution is -0.389. The summed E-state index contributed by atoms with van der Waals surface area (Å²) in [5.74, 6) is 0.376. The number of hydrogen-bond donors (Lipinski definition) is 1. The zero-order valence-corrected chi connectivity index (χ0v) is 13.1. The summed E-state index contributed by atoms with van der Waals surface area (Å²) in [5, 5.41) is 16.4. The number of nitrogens with zero attached hydrogens (tertiary/aromatic N) is 4. The van der Waals surface area contributed by atoms with Crippen LogP contribution in [0.15, 0.2) is 41.9 Å². The van der Waals surface area contributed by atoms with E-state index in [4.69, 9.17) is 0 Å². The van der Waals surface area contributed by atoms with Crippen LogP contribution >= 0.6 is 11.3 Å². The molecule has 0 aliphatic carbocycles. The third kappa shape index (κ3) is 2.50. The highest BCUT2D eigenvalue weighted by Crippen LogP contribution is 2.30. The van der Waals surface area contributed by atoms with Gasteiger partial charge in [-0.2, -0.15) is 9.38 Å². The van der Waals surface area contributed by atoms with E-state index in [2.05, 4.69) is 27.3 Å². The lowest BCUT2D eigenvalue weighted by Crippen LogP contribution is -2.26. The molecule has 1 aromatic carbocycles. The monoisotopic (exact) mass is 329 g/mol. The van der Waals surface area contributed by atoms with Crippen LogP contribution in [0, 0.1) is 10.1 Å². The lowest BCUT2D eigenvalue weighted by Gasteiger charge is -2.18. The molecule has 3 aromatic rings. The van der Waals surface area contributed by atoms with Crippen LogP contribution in [-0.2, 0) is 0 Å². The molecular weight excluding hydrogens is 314 g/mol. The first-order chi connectivity index (χ1) is 11.2. The van der Waals surface area contributed by atoms with Gasteiger partial charge in [-0.15, -0.1) is 0 Å². The van der Waals surface area contributed by atoms with Crippen molar-refractivity contribution in [2.45, 2.75) is 12.5 Å². The number of thiazole rings is 1. The highest BCUT2D eigenvalue weighted by molar-refractivity contribution is 7.15. The van der Waals surface area contributed by atoms with Crippen molar-refractivity contribution >= 4 is 33.6 Å². The fourth-order valence-electron chi connectivity index (χ4n) is 2.99. The van der Waals surface area contributed by atoms with Crippen LogP contribution < -0.4 is 10.2 Å². The van der Waals surface area contributed by atoms with Crippen LogP contribution in [0.25, 0.3) is 4.96 Å². The van der Waals surface area contributed by atoms with E-state index in [1.54, 1.807) is 11.6 Å². The number of imidazole rings is 1. The van der Waals surface area contributed by atoms with E-state index >= 15 is 0 Å². The molecule has 118 valence electrons. The van der Waals surface area contributed by atoms with Crippen molar-refractivity contribution in [3.8, 4) is 0 Å². The van der Waals surface area contributed by atoms with Crippen LogP contribution in [0.4, 0.5) is 17.3 Å². The number of nitrogens with one attached hydrogen (secondary N) is 1. The molecule has 1 unspecified atom stereocenters. The molecule has 3 heterocycles. The van der Waals surface area contributed by atoms with Gasteiger partial charge in [-0.25, -0.2) is 0 Å². The van der Waals surface area contributed by atoms with Crippen LogP contribution in [0.3, 0.4) is 0 Å². The van der Waals surface area contributed by atoms with E-state index in [1.165, 1.54) is 21.4 Å². The van der Waals surface area contributed by atoms with Gasteiger partial charge in [-0.3, -0.25) is 0 Å². The Labute approximate surface area is 136 Å². The maximum absolute atomic E-state index is 11.4. The Kier molecular flexibility index (Phi) is 3.38. The first-order valence-electron chi connectivity index (χ1n) is 7.39. The Bertz CT molecular complexity index is 844. The normalized spacial score (nSPS) is 17.7. The van der Waals surface area contributed by atoms with E-state index in [9.17, 15) is 10.1 Å². The first kappa shape index (κ1) is 14.0. The molecule has 1 atom stereocenters. The molecule has 0 amide bonds. The van der Waals surface area contributed by atoms with Crippen LogP contribution in [0.5, 0.6) is 0 Å². The molecule has 8 heteroatoms. The van der Waals surface area contributed by atoms with Gasteiger partial charge in [0, 0.05) is 30.2 Å². The summed E-state index contributed by atoms with van der Waals surface area (Å²) in [6, 6.07) is 10.3. The Morgan fingerprint density at radius 3 is 2.96 bits per heavy atom. The molecule has 1 aliphatic heterocycles. The SMILES string of the molecule is O=[N+]([O-])c1c(NC2CCN(c3ccccc3)C2)nc2sccn12. The smallest absolute Gasteiger partial charge is 0.369 e. The number of nitro groups is 1. The summed E-state index contributed by atoms with van der Waals surface area (Å²) in [4.78, 5) is 18.3. The highest BCUT2D eigenvalue weighted by atomic mass is 32.1. The van der Waals surface area contributed by atoms with Crippen molar-refractivity contribution in [2.24, 2.45) is 0 Å². The molecule has 1 fully saturated rings. The van der Waals surface area contributed by atoms with Gasteiger partial charge in [0.1, 0.15) is 6.20 Å². The van der Waals surface area contributed by atoms with E-state index in [-0.39, 0.29) is 16.8 Å². The second-order valence-electron chi connectivity index (χ2n) is 5.51. The molecule has 23 heavy (non-hydrogen) atoms. The van der Waals surface area contributed by atoms with E-state index in [0.29, 0.717) is 10.8 Å². The predicted molar refractivity (Wildman–Crippen MR) is 90.4 cm³/mol. The molecule has 4 rings (SSSR count). The predicted octanol–water partition coefficient (Wildman–Crippen LogP) is 2.99. The first-order valence-corrected chi connectivity index (χ1v) is 8.27. The molecule has 0 spiro atoms. The fraction of sp³-hybridized carbons (Fsp3) is 0.267. The minimum absolute atomic E-state index is 0.0133. The van der Waals surface area contributed by atoms with Crippen LogP contribution in [0.2, 0.25) is 0 Å². The second-order valence-corrected chi connectivity index (χ2v) is 6.38. The van der Waals surface area contributed by atoms with Gasteiger partial charge in [-0.1, -0.05) is 29.5 Å². The number of para-hydroxylation sites is 1. The maximum Gasteiger partial charge on any atom is 0.372 e. The van der Waals surface area contributed by atoms with Crippen molar-refractivity contribution in [1.29, 1.82) is 0 Å². The highest BCUT2D eigenvalue weighted by Gasteiger charge is 2.29. The Hall–Kier alpha value is -2.61. The minimum Gasteiger partial charge on any atom is -0.369 e. The van der Waals surface area contributed by atoms with Crippen molar-refractivity contribution < 1.29 is 4.92 Å². The van der Waals surface area contributed by atoms with E-state index < -0.39 is 0 Å². The van der Waals surface area contributed by atoms with Crippen molar-refractivity contribution in [3.05, 3.63) is 52.0 Å². The maximum atomic E-state index is 11.4. The number of fused-ring (bicyclic) bond motifs is 1. The largest absolute Gasteiger partial charge is 0.372 e. The quantitative estimate of drug-likeness (QED) is 0.588. The number of benzene rings is 1. The zero-order valence-electron chi connectivity index (χ0n) is 12.3. The van der Waals surface area contributed by atoms with Gasteiger partial charge in [0.15, 0.2) is 0 Å². The molecule has 1 N–H and O–H groups in total. The second kappa shape index (κ2) is 5.54. The van der Waals surface area contributed by atoms with Crippen LogP contribution in [0.1, 0.15) is 6.42 Å². The van der Waals surface area contributed by atoms with Gasteiger partial charge in [0.25, 0.3) is 4.96 Å². The van der Waals surface area contributed by atoms with Crippen molar-refractivity contribution in [3.63, 3.8) is 0 Å². The Balaban J connectivity index is 1.54. The summed E-state index contributed by atoms with van der Waals surface area (Å²) in [5.41, 5.74) is 1.18. The van der Waals surface area contributed by atoms with Crippen molar-refractivity contribution in [1.82, 2.24) is 9.38 Å². The topological polar surface area (TPSA) is 75.7 Å². The molecule has 1 saturated heterocycles. The summed E-state index contributed by atoms with van der Waals surface area (Å²) >= 11 is 1.39.